The number of halogens is 3. The summed E-state index contributed by atoms with van der Waals surface area (Å²) in [5.41, 5.74) is 20.6. The lowest BCUT2D eigenvalue weighted by Crippen LogP contribution is -2.47. The van der Waals surface area contributed by atoms with E-state index in [-0.39, 0.29) is 34.5 Å². The van der Waals surface area contributed by atoms with Crippen molar-refractivity contribution in [2.75, 3.05) is 144 Å². The predicted molar refractivity (Wildman–Crippen MR) is 206 cm³/mol. The molecule has 51 heavy (non-hydrogen) atoms. The molecule has 3 fully saturated rings. The third-order valence-corrected chi connectivity index (χ3v) is 9.83. The Balaban J connectivity index is 0.000000172. The Morgan fingerprint density at radius 2 is 0.843 bits per heavy atom. The third kappa shape index (κ3) is 11.3. The average molecular weight is 714 g/mol. The number of nitrogens with two attached hydrogens (primary N) is 3. The van der Waals surface area contributed by atoms with Crippen LogP contribution in [0.3, 0.4) is 0 Å². The van der Waals surface area contributed by atoms with Gasteiger partial charge >= 0.3 is 0 Å². The maximum atomic E-state index is 13.4. The Kier molecular flexibility index (Phi) is 15.8. The first kappa shape index (κ1) is 39.9. The van der Waals surface area contributed by atoms with Crippen LogP contribution in [0.5, 0.6) is 0 Å². The molecule has 0 amide bonds. The summed E-state index contributed by atoms with van der Waals surface area (Å²) in [7, 11) is 1.71. The lowest BCUT2D eigenvalue weighted by Gasteiger charge is -2.36. The predicted octanol–water partition coefficient (Wildman–Crippen LogP) is 4.67. The van der Waals surface area contributed by atoms with Crippen LogP contribution >= 0.6 is 0 Å². The molecule has 10 nitrogen and oxygen atoms in total. The van der Waals surface area contributed by atoms with Crippen LogP contribution in [0.15, 0.2) is 54.6 Å². The molecule has 0 spiro atoms. The molecule has 3 aromatic rings. The van der Waals surface area contributed by atoms with Crippen molar-refractivity contribution in [3.8, 4) is 0 Å². The summed E-state index contributed by atoms with van der Waals surface area (Å²) >= 11 is 0. The largest absolute Gasteiger partial charge is 0.395 e. The van der Waals surface area contributed by atoms with Crippen molar-refractivity contribution < 1.29 is 17.9 Å². The van der Waals surface area contributed by atoms with Gasteiger partial charge in [0.25, 0.3) is 0 Å². The van der Waals surface area contributed by atoms with Crippen LogP contribution in [0.25, 0.3) is 0 Å². The fourth-order valence-electron chi connectivity index (χ4n) is 6.67. The molecule has 0 unspecified atom stereocenters. The van der Waals surface area contributed by atoms with E-state index in [0.29, 0.717) is 0 Å². The molecule has 282 valence electrons. The minimum Gasteiger partial charge on any atom is -0.395 e. The number of nitrogen functional groups attached to an aromatic ring is 3. The molecular formula is C38H58F3N9O. The number of rotatable bonds is 9. The number of piperazine rings is 3. The molecular weight excluding hydrogens is 655 g/mol. The summed E-state index contributed by atoms with van der Waals surface area (Å²) in [6.07, 6.45) is 1.18. The Labute approximate surface area is 302 Å². The van der Waals surface area contributed by atoms with E-state index >= 15 is 0 Å². The highest BCUT2D eigenvalue weighted by atomic mass is 19.1. The highest BCUT2D eigenvalue weighted by molar-refractivity contribution is 5.69. The van der Waals surface area contributed by atoms with Crippen molar-refractivity contribution in [3.63, 3.8) is 0 Å². The molecule has 3 aromatic carbocycles. The van der Waals surface area contributed by atoms with Gasteiger partial charge in [-0.1, -0.05) is 32.0 Å². The van der Waals surface area contributed by atoms with Gasteiger partial charge in [0.05, 0.1) is 40.7 Å². The average Bonchev–Trinajstić information content (AvgIpc) is 3.15. The summed E-state index contributed by atoms with van der Waals surface area (Å²) in [6, 6.07) is 15.0. The molecule has 0 radical (unpaired) electrons. The highest BCUT2D eigenvalue weighted by Gasteiger charge is 2.21. The van der Waals surface area contributed by atoms with Gasteiger partial charge in [0.1, 0.15) is 17.5 Å². The van der Waals surface area contributed by atoms with Crippen LogP contribution in [0.2, 0.25) is 0 Å². The Morgan fingerprint density at radius 1 is 0.510 bits per heavy atom. The zero-order valence-electron chi connectivity index (χ0n) is 30.7. The van der Waals surface area contributed by atoms with Crippen molar-refractivity contribution in [3.05, 3.63) is 72.0 Å². The number of likely N-dealkylation sites (N-methyl/N-ethyl adjacent to an activating group) is 1. The number of ether oxygens (including phenoxy) is 1. The summed E-state index contributed by atoms with van der Waals surface area (Å²) < 4.78 is 45.1. The molecule has 0 saturated carbocycles. The molecule has 0 aliphatic carbocycles. The summed E-state index contributed by atoms with van der Waals surface area (Å²) in [4.78, 5) is 13.6. The number of hydrogen-bond donors (Lipinski definition) is 3. The molecule has 6 N–H and O–H groups in total. The molecule has 0 aromatic heterocycles. The van der Waals surface area contributed by atoms with Gasteiger partial charge in [0, 0.05) is 92.2 Å². The van der Waals surface area contributed by atoms with Crippen molar-refractivity contribution >= 4 is 34.1 Å². The standard InChI is InChI=1S/C13H20FN3O.C13H20FN3.C12H18FN3/c1-18-10-9-16-5-7-17(8-6-16)12-4-2-3-11(14)13(12)15;1-2-6-16-7-9-17(10-8-16)12-5-3-4-11(14)13(12)15;1-2-15-6-8-16(9-7-15)11-5-3-4-10(13)12(11)14/h2-4H,5-10,15H2,1H3;3-5H,2,6-10,15H2,1H3;3-5H,2,6-9,14H2,1H3. The molecule has 3 aliphatic rings. The summed E-state index contributed by atoms with van der Waals surface area (Å²) in [5.74, 6) is -0.983. The van der Waals surface area contributed by atoms with Gasteiger partial charge in [0.15, 0.2) is 0 Å². The van der Waals surface area contributed by atoms with Crippen LogP contribution in [0.1, 0.15) is 20.3 Å². The molecule has 3 aliphatic heterocycles. The van der Waals surface area contributed by atoms with Crippen LogP contribution < -0.4 is 31.9 Å². The van der Waals surface area contributed by atoms with Gasteiger partial charge in [-0.2, -0.15) is 0 Å². The first-order valence-corrected chi connectivity index (χ1v) is 18.2. The molecule has 3 heterocycles. The number of hydrogen-bond acceptors (Lipinski definition) is 10. The van der Waals surface area contributed by atoms with Gasteiger partial charge in [-0.25, -0.2) is 13.2 Å². The molecule has 13 heteroatoms. The summed E-state index contributed by atoms with van der Waals surface area (Å²) in [6.45, 7) is 19.7. The van der Waals surface area contributed by atoms with Gasteiger partial charge in [-0.05, 0) is 55.9 Å². The van der Waals surface area contributed by atoms with Crippen molar-refractivity contribution in [1.82, 2.24) is 14.7 Å². The van der Waals surface area contributed by atoms with Crippen LogP contribution in [-0.2, 0) is 4.74 Å². The van der Waals surface area contributed by atoms with E-state index in [4.69, 9.17) is 21.9 Å². The van der Waals surface area contributed by atoms with Crippen molar-refractivity contribution in [2.24, 2.45) is 0 Å². The minimum absolute atomic E-state index is 0.253. The van der Waals surface area contributed by atoms with Crippen LogP contribution in [-0.4, -0.2) is 127 Å². The van der Waals surface area contributed by atoms with Crippen LogP contribution in [0, 0.1) is 17.5 Å². The van der Waals surface area contributed by atoms with E-state index in [2.05, 4.69) is 43.2 Å². The van der Waals surface area contributed by atoms with E-state index in [0.717, 1.165) is 122 Å². The molecule has 6 rings (SSSR count). The highest BCUT2D eigenvalue weighted by Crippen LogP contribution is 2.28. The molecule has 3 saturated heterocycles. The topological polar surface area (TPSA) is 107 Å². The fourth-order valence-corrected chi connectivity index (χ4v) is 6.67. The second-order valence-electron chi connectivity index (χ2n) is 13.1. The quantitative estimate of drug-likeness (QED) is 0.271. The van der Waals surface area contributed by atoms with E-state index in [1.165, 1.54) is 24.6 Å². The monoisotopic (exact) mass is 713 g/mol. The number of para-hydroxylation sites is 3. The minimum atomic E-state index is -0.339. The lowest BCUT2D eigenvalue weighted by atomic mass is 10.2. The normalized spacial score (nSPS) is 17.4. The zero-order chi connectivity index (χ0) is 36.8. The van der Waals surface area contributed by atoms with Gasteiger partial charge in [0.2, 0.25) is 0 Å². The van der Waals surface area contributed by atoms with Gasteiger partial charge in [-0.3, -0.25) is 9.80 Å². The van der Waals surface area contributed by atoms with Crippen LogP contribution in [0.4, 0.5) is 47.3 Å². The zero-order valence-corrected chi connectivity index (χ0v) is 30.7. The Bertz CT molecular complexity index is 1470. The number of methoxy groups -OCH3 is 1. The van der Waals surface area contributed by atoms with E-state index < -0.39 is 0 Å². The lowest BCUT2D eigenvalue weighted by molar-refractivity contribution is 0.144. The Morgan fingerprint density at radius 3 is 1.16 bits per heavy atom. The smallest absolute Gasteiger partial charge is 0.148 e. The Hall–Kier alpha value is -3.91. The van der Waals surface area contributed by atoms with E-state index in [1.54, 1.807) is 25.3 Å². The second kappa shape index (κ2) is 20.2. The maximum Gasteiger partial charge on any atom is 0.148 e. The first-order chi connectivity index (χ1) is 24.7. The van der Waals surface area contributed by atoms with Gasteiger partial charge in [-0.15, -0.1) is 0 Å². The summed E-state index contributed by atoms with van der Waals surface area (Å²) in [5, 5.41) is 0. The van der Waals surface area contributed by atoms with E-state index in [9.17, 15) is 13.2 Å². The van der Waals surface area contributed by atoms with Gasteiger partial charge < -0.3 is 41.5 Å². The SMILES string of the molecule is CCCN1CCN(c2cccc(F)c2N)CC1.CCN1CCN(c2cccc(F)c2N)CC1.COCCN1CCN(c2cccc(F)c2N)CC1. The van der Waals surface area contributed by atoms with E-state index in [1.807, 2.05) is 18.2 Å². The molecule has 0 bridgehead atoms. The van der Waals surface area contributed by atoms with Crippen molar-refractivity contribution in [2.45, 2.75) is 20.3 Å². The number of benzene rings is 3. The van der Waals surface area contributed by atoms with Crippen molar-refractivity contribution in [1.29, 1.82) is 0 Å². The molecule has 0 atom stereocenters. The third-order valence-electron chi connectivity index (χ3n) is 9.83. The second-order valence-corrected chi connectivity index (χ2v) is 13.1. The number of anilines is 6. The first-order valence-electron chi connectivity index (χ1n) is 18.2. The maximum absolute atomic E-state index is 13.4. The number of nitrogens with zero attached hydrogens (tertiary/aromatic N) is 6. The fraction of sp³-hybridized carbons (Fsp3) is 0.526.